The molecule has 8 nitrogen and oxygen atoms in total. The molecular formula is C10H11N5O3. The van der Waals surface area contributed by atoms with Crippen molar-refractivity contribution in [3.8, 4) is 0 Å². The van der Waals surface area contributed by atoms with Gasteiger partial charge in [-0.3, -0.25) is 10.1 Å². The highest BCUT2D eigenvalue weighted by Gasteiger charge is 2.20. The highest BCUT2D eigenvalue weighted by molar-refractivity contribution is 5.67. The van der Waals surface area contributed by atoms with Crippen LogP contribution in [0.4, 0.5) is 17.3 Å². The first-order chi connectivity index (χ1) is 8.58. The molecule has 18 heavy (non-hydrogen) atoms. The Labute approximate surface area is 102 Å². The number of hydrogen-bond acceptors (Lipinski definition) is 7. The van der Waals surface area contributed by atoms with Gasteiger partial charge in [-0.05, 0) is 19.1 Å². The van der Waals surface area contributed by atoms with E-state index in [1.807, 2.05) is 6.92 Å². The number of nitrogen functional groups attached to an aromatic ring is 1. The largest absolute Gasteiger partial charge is 0.465 e. The summed E-state index contributed by atoms with van der Waals surface area (Å²) in [6.07, 6.45) is 1.16. The summed E-state index contributed by atoms with van der Waals surface area (Å²) in [6.45, 7) is 2.10. The first-order valence-electron chi connectivity index (χ1n) is 5.12. The third kappa shape index (κ3) is 2.37. The Morgan fingerprint density at radius 3 is 2.89 bits per heavy atom. The fraction of sp³-hybridized carbons (Fsp3) is 0.200. The van der Waals surface area contributed by atoms with Crippen LogP contribution in [0.3, 0.4) is 0 Å². The Balaban J connectivity index is 2.19. The Kier molecular flexibility index (Phi) is 3.09. The molecule has 2 aromatic rings. The van der Waals surface area contributed by atoms with Gasteiger partial charge in [0.2, 0.25) is 11.6 Å². The number of nitro groups is 1. The molecule has 0 aromatic carbocycles. The van der Waals surface area contributed by atoms with E-state index in [4.69, 9.17) is 10.2 Å². The summed E-state index contributed by atoms with van der Waals surface area (Å²) in [5.41, 5.74) is 5.11. The van der Waals surface area contributed by atoms with E-state index in [0.717, 1.165) is 12.1 Å². The van der Waals surface area contributed by atoms with Crippen molar-refractivity contribution in [1.29, 1.82) is 0 Å². The molecule has 0 aliphatic carbocycles. The molecule has 2 rings (SSSR count). The molecule has 2 aromatic heterocycles. The number of rotatable bonds is 4. The highest BCUT2D eigenvalue weighted by atomic mass is 16.6. The average Bonchev–Trinajstić information content (AvgIpc) is 2.72. The fourth-order valence-corrected chi connectivity index (χ4v) is 1.45. The van der Waals surface area contributed by atoms with Crippen molar-refractivity contribution in [1.82, 2.24) is 9.97 Å². The molecule has 3 N–H and O–H groups in total. The average molecular weight is 249 g/mol. The van der Waals surface area contributed by atoms with Gasteiger partial charge in [0.25, 0.3) is 0 Å². The van der Waals surface area contributed by atoms with Crippen LogP contribution in [0.15, 0.2) is 22.9 Å². The maximum Gasteiger partial charge on any atom is 0.352 e. The normalized spacial score (nSPS) is 10.3. The second-order valence-electron chi connectivity index (χ2n) is 3.58. The summed E-state index contributed by atoms with van der Waals surface area (Å²) in [5.74, 6) is 1.32. The van der Waals surface area contributed by atoms with Crippen molar-refractivity contribution in [3.05, 3.63) is 40.1 Å². The summed E-state index contributed by atoms with van der Waals surface area (Å²) in [4.78, 5) is 17.6. The first-order valence-corrected chi connectivity index (χ1v) is 5.12. The van der Waals surface area contributed by atoms with Crippen molar-refractivity contribution < 1.29 is 9.34 Å². The number of aromatic nitrogens is 2. The Morgan fingerprint density at radius 2 is 2.28 bits per heavy atom. The van der Waals surface area contributed by atoms with E-state index >= 15 is 0 Å². The minimum absolute atomic E-state index is 0.0709. The van der Waals surface area contributed by atoms with Gasteiger partial charge in [-0.2, -0.15) is 0 Å². The molecule has 2 heterocycles. The van der Waals surface area contributed by atoms with Gasteiger partial charge in [-0.1, -0.05) is 0 Å². The van der Waals surface area contributed by atoms with Crippen molar-refractivity contribution >= 4 is 17.3 Å². The summed E-state index contributed by atoms with van der Waals surface area (Å²) in [6, 6.07) is 3.58. The molecule has 0 aliphatic heterocycles. The topological polar surface area (TPSA) is 120 Å². The van der Waals surface area contributed by atoms with Crippen molar-refractivity contribution in [2.24, 2.45) is 0 Å². The molecule has 0 atom stereocenters. The molecule has 8 heteroatoms. The molecule has 0 radical (unpaired) electrons. The molecule has 0 saturated carbocycles. The molecule has 94 valence electrons. The lowest BCUT2D eigenvalue weighted by molar-refractivity contribution is -0.383. The van der Waals surface area contributed by atoms with Gasteiger partial charge in [-0.15, -0.1) is 0 Å². The Bertz CT molecular complexity index is 581. The summed E-state index contributed by atoms with van der Waals surface area (Å²) < 4.78 is 5.33. The van der Waals surface area contributed by atoms with Gasteiger partial charge in [0, 0.05) is 0 Å². The van der Waals surface area contributed by atoms with Crippen molar-refractivity contribution in [2.45, 2.75) is 13.5 Å². The van der Waals surface area contributed by atoms with Crippen molar-refractivity contribution in [3.63, 3.8) is 0 Å². The van der Waals surface area contributed by atoms with Crippen LogP contribution in [0, 0.1) is 17.0 Å². The number of nitrogens with zero attached hydrogens (tertiary/aromatic N) is 3. The Hall–Kier alpha value is -2.64. The monoisotopic (exact) mass is 249 g/mol. The number of nitrogens with two attached hydrogens (primary N) is 1. The van der Waals surface area contributed by atoms with Gasteiger partial charge >= 0.3 is 5.69 Å². The van der Waals surface area contributed by atoms with Gasteiger partial charge < -0.3 is 15.5 Å². The minimum Gasteiger partial charge on any atom is -0.465 e. The van der Waals surface area contributed by atoms with Gasteiger partial charge in [0.1, 0.15) is 17.8 Å². The first kappa shape index (κ1) is 11.8. The predicted molar refractivity (Wildman–Crippen MR) is 63.9 cm³/mol. The number of furan rings is 1. The third-order valence-electron chi connectivity index (χ3n) is 2.26. The molecular weight excluding hydrogens is 238 g/mol. The standard InChI is InChI=1S/C10H11N5O3/c1-6-2-3-7(18-6)4-12-10-8(15(16)17)9(11)13-5-14-10/h2-3,5H,4H2,1H3,(H3,11,12,13,14). The lowest BCUT2D eigenvalue weighted by Gasteiger charge is -2.04. The lowest BCUT2D eigenvalue weighted by Crippen LogP contribution is -2.07. The van der Waals surface area contributed by atoms with E-state index in [2.05, 4.69) is 15.3 Å². The molecule has 0 fully saturated rings. The second kappa shape index (κ2) is 4.70. The molecule has 0 spiro atoms. The molecule has 0 aliphatic rings. The molecule has 0 amide bonds. The van der Waals surface area contributed by atoms with E-state index < -0.39 is 4.92 Å². The quantitative estimate of drug-likeness (QED) is 0.621. The van der Waals surface area contributed by atoms with Crippen LogP contribution < -0.4 is 11.1 Å². The van der Waals surface area contributed by atoms with Crippen LogP contribution >= 0.6 is 0 Å². The number of anilines is 2. The van der Waals surface area contributed by atoms with Gasteiger partial charge in [-0.25, -0.2) is 9.97 Å². The molecule has 0 bridgehead atoms. The van der Waals surface area contributed by atoms with Crippen LogP contribution in [-0.2, 0) is 6.54 Å². The SMILES string of the molecule is Cc1ccc(CNc2ncnc(N)c2[N+](=O)[O-])o1. The van der Waals surface area contributed by atoms with Crippen LogP contribution in [0.2, 0.25) is 0 Å². The maximum atomic E-state index is 10.8. The zero-order valence-corrected chi connectivity index (χ0v) is 9.58. The fourth-order valence-electron chi connectivity index (χ4n) is 1.45. The van der Waals surface area contributed by atoms with E-state index in [1.54, 1.807) is 12.1 Å². The lowest BCUT2D eigenvalue weighted by atomic mass is 10.4. The van der Waals surface area contributed by atoms with E-state index in [-0.39, 0.29) is 23.9 Å². The predicted octanol–water partition coefficient (Wildman–Crippen LogP) is 1.48. The number of aryl methyl sites for hydroxylation is 1. The van der Waals surface area contributed by atoms with Crippen LogP contribution in [0.1, 0.15) is 11.5 Å². The summed E-state index contributed by atoms with van der Waals surface area (Å²) in [7, 11) is 0. The minimum atomic E-state index is -0.620. The van der Waals surface area contributed by atoms with Gasteiger partial charge in [0.15, 0.2) is 0 Å². The summed E-state index contributed by atoms with van der Waals surface area (Å²) in [5, 5.41) is 13.6. The summed E-state index contributed by atoms with van der Waals surface area (Å²) >= 11 is 0. The molecule has 0 saturated heterocycles. The second-order valence-corrected chi connectivity index (χ2v) is 3.58. The van der Waals surface area contributed by atoms with Crippen LogP contribution in [-0.4, -0.2) is 14.9 Å². The number of hydrogen-bond donors (Lipinski definition) is 2. The smallest absolute Gasteiger partial charge is 0.352 e. The van der Waals surface area contributed by atoms with E-state index in [0.29, 0.717) is 5.76 Å². The van der Waals surface area contributed by atoms with Crippen LogP contribution in [0.25, 0.3) is 0 Å². The van der Waals surface area contributed by atoms with Crippen LogP contribution in [0.5, 0.6) is 0 Å². The molecule has 0 unspecified atom stereocenters. The van der Waals surface area contributed by atoms with E-state index in [1.165, 1.54) is 0 Å². The maximum absolute atomic E-state index is 10.8. The zero-order chi connectivity index (χ0) is 13.1. The number of nitrogens with one attached hydrogen (secondary N) is 1. The van der Waals surface area contributed by atoms with Gasteiger partial charge in [0.05, 0.1) is 11.5 Å². The highest BCUT2D eigenvalue weighted by Crippen LogP contribution is 2.26. The van der Waals surface area contributed by atoms with Crippen molar-refractivity contribution in [2.75, 3.05) is 11.1 Å². The third-order valence-corrected chi connectivity index (χ3v) is 2.26. The Morgan fingerprint density at radius 1 is 1.50 bits per heavy atom. The van der Waals surface area contributed by atoms with E-state index in [9.17, 15) is 10.1 Å². The zero-order valence-electron chi connectivity index (χ0n) is 9.58.